The predicted octanol–water partition coefficient (Wildman–Crippen LogP) is 2.41. The maximum atomic E-state index is 12.5. The van der Waals surface area contributed by atoms with Gasteiger partial charge >= 0.3 is 0 Å². The number of ether oxygens (including phenoxy) is 2. The Morgan fingerprint density at radius 3 is 2.37 bits per heavy atom. The molecule has 0 saturated carbocycles. The zero-order chi connectivity index (χ0) is 21.5. The van der Waals surface area contributed by atoms with Crippen LogP contribution in [0.5, 0.6) is 11.5 Å². The molecule has 0 aliphatic carbocycles. The number of nitrogens with one attached hydrogen (secondary N) is 1. The van der Waals surface area contributed by atoms with Crippen molar-refractivity contribution >= 4 is 11.8 Å². The quantitative estimate of drug-likeness (QED) is 0.729. The van der Waals surface area contributed by atoms with Crippen LogP contribution in [0.3, 0.4) is 0 Å². The number of likely N-dealkylation sites (tertiary alicyclic amines) is 1. The molecule has 2 aromatic rings. The lowest BCUT2D eigenvalue weighted by Crippen LogP contribution is -2.44. The van der Waals surface area contributed by atoms with Crippen LogP contribution in [-0.4, -0.2) is 55.7 Å². The molecule has 1 heterocycles. The number of methoxy groups -OCH3 is 2. The first kappa shape index (κ1) is 21.6. The molecule has 30 heavy (non-hydrogen) atoms. The molecule has 160 valence electrons. The highest BCUT2D eigenvalue weighted by atomic mass is 16.5. The molecule has 0 spiro atoms. The molecule has 7 nitrogen and oxygen atoms in total. The molecule has 0 aromatic heterocycles. The number of hydrogen-bond acceptors (Lipinski definition) is 5. The van der Waals surface area contributed by atoms with Crippen molar-refractivity contribution in [1.29, 1.82) is 0 Å². The Hall–Kier alpha value is -3.06. The van der Waals surface area contributed by atoms with E-state index in [0.29, 0.717) is 30.2 Å². The summed E-state index contributed by atoms with van der Waals surface area (Å²) in [6.07, 6.45) is 0.935. The summed E-state index contributed by atoms with van der Waals surface area (Å²) >= 11 is 0. The van der Waals surface area contributed by atoms with E-state index in [9.17, 15) is 14.7 Å². The third-order valence-electron chi connectivity index (χ3n) is 5.53. The van der Waals surface area contributed by atoms with E-state index in [2.05, 4.69) is 5.32 Å². The van der Waals surface area contributed by atoms with Crippen LogP contribution in [0, 0.1) is 5.92 Å². The molecular weight excluding hydrogens is 384 g/mol. The normalized spacial score (nSPS) is 15.4. The van der Waals surface area contributed by atoms with Crippen LogP contribution in [0.2, 0.25) is 0 Å². The van der Waals surface area contributed by atoms with E-state index >= 15 is 0 Å². The van der Waals surface area contributed by atoms with Crippen molar-refractivity contribution in [1.82, 2.24) is 10.2 Å². The fourth-order valence-electron chi connectivity index (χ4n) is 3.73. The molecule has 2 amide bonds. The lowest BCUT2D eigenvalue weighted by molar-refractivity contribution is -0.132. The van der Waals surface area contributed by atoms with E-state index in [0.717, 1.165) is 18.4 Å². The SMILES string of the molecule is COc1ccc(C(=O)NCC(=O)N2CCC([C@@H](O)c3ccccc3)CC2)cc1OC. The standard InChI is InChI=1S/C23H28N2O5/c1-29-19-9-8-18(14-20(19)30-2)23(28)24-15-21(26)25-12-10-17(11-13-25)22(27)16-6-4-3-5-7-16/h3-9,14,17,22,27H,10-13,15H2,1-2H3,(H,24,28)/t22-/m0/s1. The molecule has 7 heteroatoms. The van der Waals surface area contributed by atoms with E-state index in [1.54, 1.807) is 23.1 Å². The van der Waals surface area contributed by atoms with Gasteiger partial charge in [-0.25, -0.2) is 0 Å². The summed E-state index contributed by atoms with van der Waals surface area (Å²) in [5.74, 6) is 0.634. The minimum absolute atomic E-state index is 0.0704. The van der Waals surface area contributed by atoms with Gasteiger partial charge in [-0.1, -0.05) is 30.3 Å². The van der Waals surface area contributed by atoms with Gasteiger partial charge in [0.05, 0.1) is 26.9 Å². The lowest BCUT2D eigenvalue weighted by atomic mass is 9.87. The molecule has 1 saturated heterocycles. The fourth-order valence-corrected chi connectivity index (χ4v) is 3.73. The molecule has 3 rings (SSSR count). The van der Waals surface area contributed by atoms with Gasteiger partial charge in [-0.15, -0.1) is 0 Å². The number of aliphatic hydroxyl groups is 1. The smallest absolute Gasteiger partial charge is 0.251 e. The van der Waals surface area contributed by atoms with Crippen molar-refractivity contribution < 1.29 is 24.2 Å². The van der Waals surface area contributed by atoms with Gasteiger partial charge in [0, 0.05) is 18.7 Å². The van der Waals surface area contributed by atoms with Crippen LogP contribution in [0.4, 0.5) is 0 Å². The van der Waals surface area contributed by atoms with E-state index in [1.165, 1.54) is 14.2 Å². The van der Waals surface area contributed by atoms with Crippen LogP contribution in [0.25, 0.3) is 0 Å². The van der Waals surface area contributed by atoms with E-state index < -0.39 is 6.10 Å². The molecular formula is C23H28N2O5. The van der Waals surface area contributed by atoms with Crippen molar-refractivity contribution in [2.75, 3.05) is 33.9 Å². The number of carbonyl (C=O) groups is 2. The van der Waals surface area contributed by atoms with Gasteiger partial charge in [0.15, 0.2) is 11.5 Å². The van der Waals surface area contributed by atoms with E-state index in [1.807, 2.05) is 30.3 Å². The van der Waals surface area contributed by atoms with Crippen LogP contribution in [0.1, 0.15) is 34.9 Å². The summed E-state index contributed by atoms with van der Waals surface area (Å²) in [7, 11) is 3.03. The van der Waals surface area contributed by atoms with Crippen molar-refractivity contribution in [3.05, 3.63) is 59.7 Å². The highest BCUT2D eigenvalue weighted by molar-refractivity contribution is 5.97. The topological polar surface area (TPSA) is 88.1 Å². The van der Waals surface area contributed by atoms with Gasteiger partial charge in [-0.3, -0.25) is 9.59 Å². The zero-order valence-electron chi connectivity index (χ0n) is 17.3. The molecule has 1 atom stereocenters. The maximum Gasteiger partial charge on any atom is 0.251 e. The second-order valence-electron chi connectivity index (χ2n) is 7.33. The van der Waals surface area contributed by atoms with Gasteiger partial charge in [0.2, 0.25) is 5.91 Å². The molecule has 0 unspecified atom stereocenters. The van der Waals surface area contributed by atoms with Crippen LogP contribution < -0.4 is 14.8 Å². The summed E-state index contributed by atoms with van der Waals surface area (Å²) in [5.41, 5.74) is 1.30. The molecule has 0 radical (unpaired) electrons. The first-order valence-corrected chi connectivity index (χ1v) is 10.0. The Bertz CT molecular complexity index is 863. The van der Waals surface area contributed by atoms with Crippen molar-refractivity contribution in [3.63, 3.8) is 0 Å². The molecule has 2 N–H and O–H groups in total. The number of amides is 2. The monoisotopic (exact) mass is 412 g/mol. The summed E-state index contributed by atoms with van der Waals surface area (Å²) in [5, 5.41) is 13.2. The number of nitrogens with zero attached hydrogens (tertiary/aromatic N) is 1. The molecule has 1 aliphatic rings. The van der Waals surface area contributed by atoms with Crippen molar-refractivity contribution in [3.8, 4) is 11.5 Å². The third kappa shape index (κ3) is 5.10. The number of benzene rings is 2. The van der Waals surface area contributed by atoms with Crippen molar-refractivity contribution in [2.24, 2.45) is 5.92 Å². The van der Waals surface area contributed by atoms with Gasteiger partial charge in [-0.05, 0) is 42.5 Å². The largest absolute Gasteiger partial charge is 0.493 e. The predicted molar refractivity (Wildman–Crippen MR) is 113 cm³/mol. The zero-order valence-corrected chi connectivity index (χ0v) is 17.3. The number of carbonyl (C=O) groups excluding carboxylic acids is 2. The second kappa shape index (κ2) is 10.1. The summed E-state index contributed by atoms with van der Waals surface area (Å²) in [6.45, 7) is 1.07. The van der Waals surface area contributed by atoms with Crippen molar-refractivity contribution in [2.45, 2.75) is 18.9 Å². The number of aliphatic hydroxyl groups excluding tert-OH is 1. The van der Waals surface area contributed by atoms with Gasteiger partial charge in [0.1, 0.15) is 0 Å². The van der Waals surface area contributed by atoms with Gasteiger partial charge in [-0.2, -0.15) is 0 Å². The Balaban J connectivity index is 1.48. The Labute approximate surface area is 176 Å². The summed E-state index contributed by atoms with van der Waals surface area (Å²) < 4.78 is 10.4. The summed E-state index contributed by atoms with van der Waals surface area (Å²) in [6, 6.07) is 14.5. The first-order valence-electron chi connectivity index (χ1n) is 10.0. The molecule has 2 aromatic carbocycles. The maximum absolute atomic E-state index is 12.5. The van der Waals surface area contributed by atoms with E-state index in [4.69, 9.17) is 9.47 Å². The Kier molecular flexibility index (Phi) is 7.30. The van der Waals surface area contributed by atoms with Crippen LogP contribution in [-0.2, 0) is 4.79 Å². The average molecular weight is 412 g/mol. The first-order chi connectivity index (χ1) is 14.5. The lowest BCUT2D eigenvalue weighted by Gasteiger charge is -2.34. The molecule has 1 fully saturated rings. The number of rotatable bonds is 7. The second-order valence-corrected chi connectivity index (χ2v) is 7.33. The number of hydrogen-bond donors (Lipinski definition) is 2. The van der Waals surface area contributed by atoms with Gasteiger partial charge < -0.3 is 24.8 Å². The van der Waals surface area contributed by atoms with Gasteiger partial charge in [0.25, 0.3) is 5.91 Å². The molecule has 0 bridgehead atoms. The highest BCUT2D eigenvalue weighted by Gasteiger charge is 2.28. The highest BCUT2D eigenvalue weighted by Crippen LogP contribution is 2.30. The van der Waals surface area contributed by atoms with Crippen LogP contribution in [0.15, 0.2) is 48.5 Å². The Morgan fingerprint density at radius 1 is 1.07 bits per heavy atom. The minimum Gasteiger partial charge on any atom is -0.493 e. The minimum atomic E-state index is -0.520. The third-order valence-corrected chi connectivity index (χ3v) is 5.53. The average Bonchev–Trinajstić information content (AvgIpc) is 2.82. The van der Waals surface area contributed by atoms with E-state index in [-0.39, 0.29) is 24.3 Å². The Morgan fingerprint density at radius 2 is 1.73 bits per heavy atom. The fraction of sp³-hybridized carbons (Fsp3) is 0.391. The summed E-state index contributed by atoms with van der Waals surface area (Å²) in [4.78, 5) is 26.6. The van der Waals surface area contributed by atoms with Crippen LogP contribution >= 0.6 is 0 Å². The number of piperidine rings is 1. The molecule has 1 aliphatic heterocycles.